The molecule has 0 aromatic carbocycles. The molecular weight excluding hydrogens is 417 g/mol. The summed E-state index contributed by atoms with van der Waals surface area (Å²) in [7, 11) is -2.50. The van der Waals surface area contributed by atoms with Gasteiger partial charge in [0.25, 0.3) is 0 Å². The van der Waals surface area contributed by atoms with Crippen LogP contribution in [0.25, 0.3) is 0 Å². The van der Waals surface area contributed by atoms with Crippen molar-refractivity contribution in [1.29, 1.82) is 0 Å². The molecule has 2 heteroatoms. The molecule has 0 saturated heterocycles. The molecule has 0 radical (unpaired) electrons. The molecule has 12 aliphatic carbocycles. The lowest BCUT2D eigenvalue weighted by molar-refractivity contribution is -0.624. The molecule has 12 fully saturated rings. The third kappa shape index (κ3) is 1.09. The van der Waals surface area contributed by atoms with Gasteiger partial charge in [0.15, 0.2) is 0 Å². The fourth-order valence-electron chi connectivity index (χ4n) is 12.9. The minimum Gasteiger partial charge on any atom is -0.131 e. The molecule has 12 aliphatic rings. The summed E-state index contributed by atoms with van der Waals surface area (Å²) in [5.74, 6) is 33.3. The smallest absolute Gasteiger partial charge is 0.129 e. The molecule has 0 heterocycles. The molecule has 0 amide bonds. The Kier molecular flexibility index (Phi) is 2.11. The van der Waals surface area contributed by atoms with Crippen LogP contribution in [0.2, 0.25) is 39.3 Å². The minimum atomic E-state index is -1.25. The van der Waals surface area contributed by atoms with E-state index in [1.54, 1.807) is 0 Å². The van der Waals surface area contributed by atoms with Crippen molar-refractivity contribution in [1.82, 2.24) is 0 Å². The van der Waals surface area contributed by atoms with Gasteiger partial charge in [-0.3, -0.25) is 0 Å². The first kappa shape index (κ1) is 17.2. The monoisotopic (exact) mass is 446 g/mol. The summed E-state index contributed by atoms with van der Waals surface area (Å²) in [6, 6.07) is 0. The van der Waals surface area contributed by atoms with Crippen molar-refractivity contribution < 1.29 is 0 Å². The summed E-state index contributed by atoms with van der Waals surface area (Å²) in [6.45, 7) is 14.3. The predicted molar refractivity (Wildman–Crippen MR) is 129 cm³/mol. The van der Waals surface area contributed by atoms with E-state index in [-0.39, 0.29) is 0 Å². The van der Waals surface area contributed by atoms with Crippen LogP contribution in [0.1, 0.15) is 0 Å². The molecule has 0 atom stereocenters. The molecule has 0 nitrogen and oxygen atoms in total. The maximum Gasteiger partial charge on any atom is 0.129 e. The summed E-state index contributed by atoms with van der Waals surface area (Å²) in [6.07, 6.45) is 0. The Morgan fingerprint density at radius 1 is 0.375 bits per heavy atom. The van der Waals surface area contributed by atoms with Gasteiger partial charge in [-0.05, 0) is 82.9 Å². The van der Waals surface area contributed by atoms with Crippen LogP contribution in [0.5, 0.6) is 0 Å². The molecule has 158 valence electrons. The molecule has 12 rings (SSSR count). The van der Waals surface area contributed by atoms with E-state index in [2.05, 4.69) is 85.9 Å². The second-order valence-corrected chi connectivity index (χ2v) is 25.0. The zero-order valence-electron chi connectivity index (χ0n) is 19.9. The van der Waals surface area contributed by atoms with Crippen molar-refractivity contribution in [2.75, 3.05) is 0 Å². The van der Waals surface area contributed by atoms with Gasteiger partial charge < -0.3 is 0 Å². The van der Waals surface area contributed by atoms with Crippen molar-refractivity contribution in [2.24, 2.45) is 92.7 Å². The summed E-state index contributed by atoms with van der Waals surface area (Å²) >= 11 is 0. The molecular formula is C30H30Si2. The highest BCUT2D eigenvalue weighted by Crippen LogP contribution is 3.11. The van der Waals surface area contributed by atoms with Gasteiger partial charge in [-0.1, -0.05) is 51.1 Å². The first-order chi connectivity index (χ1) is 15.1. The van der Waals surface area contributed by atoms with Crippen LogP contribution < -0.4 is 0 Å². The van der Waals surface area contributed by atoms with Crippen LogP contribution >= 0.6 is 0 Å². The fourth-order valence-corrected chi connectivity index (χ4v) is 14.1. The summed E-state index contributed by atoms with van der Waals surface area (Å²) in [5, 5.41) is 0. The van der Waals surface area contributed by atoms with Gasteiger partial charge in [-0.2, -0.15) is 0 Å². The van der Waals surface area contributed by atoms with Gasteiger partial charge in [-0.15, -0.1) is 22.9 Å². The topological polar surface area (TPSA) is 0 Å². The Morgan fingerprint density at radius 2 is 0.594 bits per heavy atom. The van der Waals surface area contributed by atoms with Crippen molar-refractivity contribution in [3.05, 3.63) is 0 Å². The lowest BCUT2D eigenvalue weighted by Gasteiger charge is -3.09. The van der Waals surface area contributed by atoms with E-state index in [0.717, 1.165) is 71.0 Å². The third-order valence-electron chi connectivity index (χ3n) is 13.2. The highest BCUT2D eigenvalue weighted by atomic mass is 28.3. The molecule has 0 N–H and O–H groups in total. The second kappa shape index (κ2) is 3.94. The van der Waals surface area contributed by atoms with Gasteiger partial charge >= 0.3 is 0 Å². The van der Waals surface area contributed by atoms with Gasteiger partial charge in [0.2, 0.25) is 0 Å². The highest BCUT2D eigenvalue weighted by Gasteiger charge is 3.10. The van der Waals surface area contributed by atoms with Gasteiger partial charge in [-0.25, -0.2) is 0 Å². The van der Waals surface area contributed by atoms with E-state index in [1.165, 1.54) is 0 Å². The normalized spacial score (nSPS) is 69.1. The van der Waals surface area contributed by atoms with Crippen LogP contribution in [0.3, 0.4) is 0 Å². The molecule has 12 saturated carbocycles. The first-order valence-corrected chi connectivity index (χ1v) is 20.2. The van der Waals surface area contributed by atoms with Crippen molar-refractivity contribution in [2.45, 2.75) is 39.3 Å². The van der Waals surface area contributed by atoms with Crippen LogP contribution in [-0.4, -0.2) is 16.1 Å². The number of hydrogen-bond acceptors (Lipinski definition) is 0. The van der Waals surface area contributed by atoms with Crippen LogP contribution in [0, 0.1) is 139 Å². The lowest BCUT2D eigenvalue weighted by Crippen LogP contribution is -3.09. The SMILES string of the molecule is C[Si](C)(C)C#CC12C3C4C1C1C2C3C41C#CC#CC12C3C4C1C1C2C3C41C#C[Si](C)(C)C. The predicted octanol–water partition coefficient (Wildman–Crippen LogP) is 4.23. The average molecular weight is 447 g/mol. The molecule has 0 aromatic heterocycles. The number of hydrogen-bond donors (Lipinski definition) is 0. The molecule has 0 unspecified atom stereocenters. The van der Waals surface area contributed by atoms with Crippen LogP contribution in [0.15, 0.2) is 0 Å². The molecule has 32 heavy (non-hydrogen) atoms. The average Bonchev–Trinajstić information content (AvgIpc) is 2.74. The largest absolute Gasteiger partial charge is 0.131 e. The summed E-state index contributed by atoms with van der Waals surface area (Å²) < 4.78 is 0. The summed E-state index contributed by atoms with van der Waals surface area (Å²) in [4.78, 5) is 0. The summed E-state index contributed by atoms with van der Waals surface area (Å²) in [5.41, 5.74) is 9.30. The van der Waals surface area contributed by atoms with Gasteiger partial charge in [0, 0.05) is 21.7 Å². The van der Waals surface area contributed by atoms with Crippen LogP contribution in [-0.2, 0) is 0 Å². The molecule has 0 aliphatic heterocycles. The maximum atomic E-state index is 3.85. The minimum absolute atomic E-state index is 0.430. The lowest BCUT2D eigenvalue weighted by atomic mass is 8.92. The Balaban J connectivity index is 0.867. The Labute approximate surface area is 194 Å². The fraction of sp³-hybridized carbons (Fsp3) is 0.733. The van der Waals surface area contributed by atoms with Crippen molar-refractivity contribution in [3.8, 4) is 46.6 Å². The van der Waals surface area contributed by atoms with E-state index in [9.17, 15) is 0 Å². The maximum absolute atomic E-state index is 3.85. The first-order valence-electron chi connectivity index (χ1n) is 13.2. The molecule has 0 bridgehead atoms. The molecule has 0 aromatic rings. The van der Waals surface area contributed by atoms with Crippen LogP contribution in [0.4, 0.5) is 0 Å². The quantitative estimate of drug-likeness (QED) is 0.386. The second-order valence-electron chi connectivity index (χ2n) is 15.5. The van der Waals surface area contributed by atoms with Crippen molar-refractivity contribution in [3.63, 3.8) is 0 Å². The Bertz CT molecular complexity index is 1170. The highest BCUT2D eigenvalue weighted by molar-refractivity contribution is 6.84. The Hall–Kier alpha value is -1.33. The van der Waals surface area contributed by atoms with E-state index >= 15 is 0 Å². The Morgan fingerprint density at radius 3 is 0.812 bits per heavy atom. The van der Waals surface area contributed by atoms with Gasteiger partial charge in [0.05, 0.1) is 0 Å². The zero-order chi connectivity index (χ0) is 21.6. The van der Waals surface area contributed by atoms with Gasteiger partial charge in [0.1, 0.15) is 16.1 Å². The standard InChI is InChI=1S/C30H30Si2/c1-31(2,3)13-11-29-21-15-22(29)17-23(29)16(21)27(15,17)9-7-8-10-28-18-24-19(28)26-20(28)25(18)30(24,26)12-14-32(4,5)6/h15-26H,1-6H3. The van der Waals surface area contributed by atoms with E-state index in [0.29, 0.717) is 21.7 Å². The zero-order valence-corrected chi connectivity index (χ0v) is 21.9. The van der Waals surface area contributed by atoms with E-state index in [4.69, 9.17) is 0 Å². The van der Waals surface area contributed by atoms with E-state index in [1.807, 2.05) is 0 Å². The third-order valence-corrected chi connectivity index (χ3v) is 14.9. The van der Waals surface area contributed by atoms with E-state index < -0.39 is 16.1 Å². The van der Waals surface area contributed by atoms with Crippen molar-refractivity contribution >= 4 is 16.1 Å². The molecule has 0 spiro atoms. The number of rotatable bonds is 0.